The molecule has 5 nitrogen and oxygen atoms in total. The first-order valence-corrected chi connectivity index (χ1v) is 23.0. The van der Waals surface area contributed by atoms with Crippen LogP contribution in [0.1, 0.15) is 11.1 Å². The minimum atomic E-state index is 0.623. The van der Waals surface area contributed by atoms with Crippen LogP contribution >= 0.6 is 0 Å². The number of hydrogen-bond acceptors (Lipinski definition) is 4. The maximum absolute atomic E-state index is 6.91. The summed E-state index contributed by atoms with van der Waals surface area (Å²) in [5.74, 6) is 1.51. The summed E-state index contributed by atoms with van der Waals surface area (Å²) in [4.78, 5) is 10.0. The van der Waals surface area contributed by atoms with Crippen LogP contribution in [0.2, 0.25) is 0 Å². The van der Waals surface area contributed by atoms with Crippen molar-refractivity contribution in [2.45, 2.75) is 13.8 Å². The number of hydrogen-bond donors (Lipinski definition) is 0. The summed E-state index contributed by atoms with van der Waals surface area (Å²) in [6.45, 7) is 4.99. The molecule has 0 radical (unpaired) electrons. The van der Waals surface area contributed by atoms with Gasteiger partial charge < -0.3 is 14.5 Å². The van der Waals surface area contributed by atoms with Gasteiger partial charge in [0.05, 0.1) is 28.1 Å². The van der Waals surface area contributed by atoms with Crippen molar-refractivity contribution in [3.63, 3.8) is 0 Å². The Labute approximate surface area is 388 Å². The average Bonchev–Trinajstić information content (AvgIpc) is 3.93. The zero-order valence-electron chi connectivity index (χ0n) is 37.2. The molecule has 12 aromatic rings. The van der Waals surface area contributed by atoms with E-state index in [1.165, 1.54) is 66.0 Å². The van der Waals surface area contributed by atoms with E-state index in [4.69, 9.17) is 9.72 Å². The fourth-order valence-corrected chi connectivity index (χ4v) is 10.8. The van der Waals surface area contributed by atoms with E-state index in [2.05, 4.69) is 234 Å². The van der Waals surface area contributed by atoms with Crippen molar-refractivity contribution in [1.29, 1.82) is 0 Å². The summed E-state index contributed by atoms with van der Waals surface area (Å²) in [7, 11) is 0. The number of para-hydroxylation sites is 4. The third-order valence-electron chi connectivity index (χ3n) is 13.5. The maximum atomic E-state index is 6.91. The molecule has 318 valence electrons. The summed E-state index contributed by atoms with van der Waals surface area (Å²) in [6.07, 6.45) is 1.90. The van der Waals surface area contributed by atoms with Gasteiger partial charge in [0, 0.05) is 56.7 Å². The number of aromatic nitrogens is 2. The highest BCUT2D eigenvalue weighted by molar-refractivity contribution is 6.24. The van der Waals surface area contributed by atoms with Gasteiger partial charge in [0.25, 0.3) is 0 Å². The van der Waals surface area contributed by atoms with E-state index in [0.717, 1.165) is 61.4 Å². The fraction of sp³-hybridized carbons (Fsp3) is 0.0484. The van der Waals surface area contributed by atoms with Crippen LogP contribution in [0, 0.1) is 13.8 Å². The van der Waals surface area contributed by atoms with Gasteiger partial charge in [0.2, 0.25) is 0 Å². The number of nitrogens with zero attached hydrogens (tertiary/aromatic N) is 4. The van der Waals surface area contributed by atoms with Gasteiger partial charge >= 0.3 is 0 Å². The zero-order chi connectivity index (χ0) is 44.6. The molecule has 1 aliphatic heterocycles. The lowest BCUT2D eigenvalue weighted by atomic mass is 9.93. The standard InChI is InChI=1S/C62H44N4O/c1-40-34-41(2)36-43(35-40)48-25-13-24-47(42-16-4-3-5-17-42)60(48)65-39-64(57-29-10-11-30-58(57)65)44-18-12-19-45(37-44)67-46-31-32-53-55-27-14-26-54-51-22-8-6-20-49(51)50-21-7-9-23-52(50)56-28-15-33-63-62(56)66(61(54)55)59(53)38-46/h3-38H,39H2,1-2H3. The highest BCUT2D eigenvalue weighted by atomic mass is 16.5. The third kappa shape index (κ3) is 6.34. The van der Waals surface area contributed by atoms with Crippen LogP contribution in [-0.4, -0.2) is 16.1 Å². The minimum Gasteiger partial charge on any atom is -0.457 e. The molecule has 0 aliphatic carbocycles. The van der Waals surface area contributed by atoms with E-state index in [1.807, 2.05) is 12.3 Å². The third-order valence-corrected chi connectivity index (χ3v) is 13.5. The Morgan fingerprint density at radius 2 is 0.985 bits per heavy atom. The molecule has 0 unspecified atom stereocenters. The van der Waals surface area contributed by atoms with Gasteiger partial charge in [-0.05, 0) is 95.1 Å². The van der Waals surface area contributed by atoms with E-state index >= 15 is 0 Å². The first-order valence-electron chi connectivity index (χ1n) is 23.0. The average molecular weight is 861 g/mol. The second kappa shape index (κ2) is 15.5. The smallest absolute Gasteiger partial charge is 0.145 e. The highest BCUT2D eigenvalue weighted by Gasteiger charge is 2.31. The molecule has 4 heterocycles. The van der Waals surface area contributed by atoms with Crippen LogP contribution < -0.4 is 14.5 Å². The Morgan fingerprint density at radius 3 is 1.73 bits per heavy atom. The predicted octanol–water partition coefficient (Wildman–Crippen LogP) is 16.7. The first-order chi connectivity index (χ1) is 33.1. The maximum Gasteiger partial charge on any atom is 0.145 e. The number of ether oxygens (including phenoxy) is 1. The van der Waals surface area contributed by atoms with Gasteiger partial charge in [-0.3, -0.25) is 4.40 Å². The molecule has 0 amide bonds. The largest absolute Gasteiger partial charge is 0.457 e. The van der Waals surface area contributed by atoms with Gasteiger partial charge in [-0.15, -0.1) is 0 Å². The quantitative estimate of drug-likeness (QED) is 0.167. The normalized spacial score (nSPS) is 12.5. The molecule has 0 spiro atoms. The molecule has 1 aliphatic rings. The van der Waals surface area contributed by atoms with Crippen LogP contribution in [0.15, 0.2) is 219 Å². The molecule has 3 aromatic heterocycles. The number of aryl methyl sites for hydroxylation is 2. The number of anilines is 4. The molecule has 0 fully saturated rings. The topological polar surface area (TPSA) is 33.0 Å². The van der Waals surface area contributed by atoms with E-state index in [1.54, 1.807) is 0 Å². The number of pyridine rings is 1. The summed E-state index contributed by atoms with van der Waals surface area (Å²) >= 11 is 0. The molecule has 0 bridgehead atoms. The van der Waals surface area contributed by atoms with Gasteiger partial charge in [-0.25, -0.2) is 4.98 Å². The molecule has 0 saturated carbocycles. The first kappa shape index (κ1) is 38.8. The van der Waals surface area contributed by atoms with Gasteiger partial charge in [0.1, 0.15) is 23.8 Å². The molecule has 0 saturated heterocycles. The monoisotopic (exact) mass is 860 g/mol. The second-order valence-corrected chi connectivity index (χ2v) is 17.7. The Morgan fingerprint density at radius 1 is 0.418 bits per heavy atom. The van der Waals surface area contributed by atoms with Crippen molar-refractivity contribution in [2.75, 3.05) is 16.5 Å². The number of fused-ring (bicyclic) bond motifs is 11. The summed E-state index contributed by atoms with van der Waals surface area (Å²) in [5.41, 5.74) is 14.9. The van der Waals surface area contributed by atoms with Crippen molar-refractivity contribution in [2.24, 2.45) is 0 Å². The lowest BCUT2D eigenvalue weighted by Gasteiger charge is -2.27. The predicted molar refractivity (Wildman–Crippen MR) is 280 cm³/mol. The van der Waals surface area contributed by atoms with Gasteiger partial charge in [-0.2, -0.15) is 0 Å². The van der Waals surface area contributed by atoms with Gasteiger partial charge in [-0.1, -0.05) is 163 Å². The van der Waals surface area contributed by atoms with Crippen molar-refractivity contribution >= 4 is 82.5 Å². The van der Waals surface area contributed by atoms with Gasteiger partial charge in [0.15, 0.2) is 0 Å². The lowest BCUT2D eigenvalue weighted by molar-refractivity contribution is 0.483. The number of rotatable bonds is 6. The Bertz CT molecular complexity index is 3960. The van der Waals surface area contributed by atoms with Crippen molar-refractivity contribution in [3.05, 3.63) is 230 Å². The fourth-order valence-electron chi connectivity index (χ4n) is 10.8. The van der Waals surface area contributed by atoms with Crippen LogP contribution in [0.3, 0.4) is 0 Å². The lowest BCUT2D eigenvalue weighted by Crippen LogP contribution is -2.25. The summed E-state index contributed by atoms with van der Waals surface area (Å²) in [5, 5.41) is 9.30. The second-order valence-electron chi connectivity index (χ2n) is 17.7. The molecule has 13 rings (SSSR count). The summed E-state index contributed by atoms with van der Waals surface area (Å²) < 4.78 is 9.27. The molecule has 0 N–H and O–H groups in total. The SMILES string of the molecule is Cc1cc(C)cc(-c2cccc(-c3ccccc3)c2N2CN(c3cccc(Oc4ccc5c6cccc7c8ccccc8c8ccccc8c8cccnc8n(c5c4)c76)c3)c3ccccc32)c1. The van der Waals surface area contributed by atoms with Crippen LogP contribution in [0.25, 0.3) is 82.0 Å². The Kier molecular flexibility index (Phi) is 8.97. The van der Waals surface area contributed by atoms with Crippen LogP contribution in [0.5, 0.6) is 11.5 Å². The Hall–Kier alpha value is -8.67. The van der Waals surface area contributed by atoms with E-state index in [9.17, 15) is 0 Å². The molecule has 67 heavy (non-hydrogen) atoms. The Balaban J connectivity index is 0.945. The minimum absolute atomic E-state index is 0.623. The molecule has 0 atom stereocenters. The van der Waals surface area contributed by atoms with Crippen molar-refractivity contribution in [3.8, 4) is 33.8 Å². The van der Waals surface area contributed by atoms with Crippen LogP contribution in [0.4, 0.5) is 22.7 Å². The molecule has 9 aromatic carbocycles. The van der Waals surface area contributed by atoms with Crippen molar-refractivity contribution in [1.82, 2.24) is 9.38 Å². The summed E-state index contributed by atoms with van der Waals surface area (Å²) in [6, 6.07) is 76.5. The zero-order valence-corrected chi connectivity index (χ0v) is 37.2. The van der Waals surface area contributed by atoms with Crippen molar-refractivity contribution < 1.29 is 4.74 Å². The van der Waals surface area contributed by atoms with E-state index < -0.39 is 0 Å². The van der Waals surface area contributed by atoms with Crippen LogP contribution in [-0.2, 0) is 0 Å². The highest BCUT2D eigenvalue weighted by Crippen LogP contribution is 2.50. The molecular formula is C62H44N4O. The molecule has 5 heteroatoms. The van der Waals surface area contributed by atoms with E-state index in [0.29, 0.717) is 6.67 Å². The molecular weight excluding hydrogens is 817 g/mol. The van der Waals surface area contributed by atoms with E-state index in [-0.39, 0.29) is 0 Å². The number of benzene rings is 9.